The summed E-state index contributed by atoms with van der Waals surface area (Å²) in [5.41, 5.74) is 4.50. The number of ether oxygens (including phenoxy) is 1. The van der Waals surface area contributed by atoms with Gasteiger partial charge in [-0.15, -0.1) is 0 Å². The van der Waals surface area contributed by atoms with Crippen LogP contribution in [0.1, 0.15) is 58.8 Å². The van der Waals surface area contributed by atoms with E-state index in [4.69, 9.17) is 4.74 Å². The summed E-state index contributed by atoms with van der Waals surface area (Å²) in [5, 5.41) is 0. The number of esters is 1. The van der Waals surface area contributed by atoms with E-state index < -0.39 is 23.2 Å². The summed E-state index contributed by atoms with van der Waals surface area (Å²) >= 11 is 0. The van der Waals surface area contributed by atoms with Gasteiger partial charge in [-0.2, -0.15) is 0 Å². The van der Waals surface area contributed by atoms with Crippen LogP contribution in [0.3, 0.4) is 0 Å². The fourth-order valence-electron chi connectivity index (χ4n) is 6.82. The second kappa shape index (κ2) is 7.39. The maximum atomic E-state index is 14.2. The maximum absolute atomic E-state index is 14.2. The minimum Gasteiger partial charge on any atom is -0.462 e. The van der Waals surface area contributed by atoms with Crippen LogP contribution in [0.15, 0.2) is 72.8 Å². The molecule has 1 heterocycles. The molecule has 3 aliphatic carbocycles. The normalized spacial score (nSPS) is 26.2. The summed E-state index contributed by atoms with van der Waals surface area (Å²) in [6.45, 7) is 4.05. The Bertz CT molecular complexity index is 1310. The third-order valence-electron chi connectivity index (χ3n) is 7.99. The summed E-state index contributed by atoms with van der Waals surface area (Å²) in [6, 6.07) is 23.2. The van der Waals surface area contributed by atoms with E-state index in [1.165, 1.54) is 4.90 Å². The minimum absolute atomic E-state index is 0.193. The molecule has 2 atom stereocenters. The predicted octanol–water partition coefficient (Wildman–Crippen LogP) is 4.82. The largest absolute Gasteiger partial charge is 0.462 e. The first-order valence-corrected chi connectivity index (χ1v) is 11.9. The van der Waals surface area contributed by atoms with Gasteiger partial charge < -0.3 is 4.74 Å². The van der Waals surface area contributed by atoms with Crippen LogP contribution in [0.4, 0.5) is 5.69 Å². The molecule has 0 unspecified atom stereocenters. The molecule has 1 fully saturated rings. The van der Waals surface area contributed by atoms with Crippen molar-refractivity contribution in [1.82, 2.24) is 0 Å². The number of anilines is 1. The summed E-state index contributed by atoms with van der Waals surface area (Å²) in [5.74, 6) is -2.22. The van der Waals surface area contributed by atoms with Gasteiger partial charge in [0, 0.05) is 11.3 Å². The van der Waals surface area contributed by atoms with Gasteiger partial charge in [0.05, 0.1) is 29.7 Å². The van der Waals surface area contributed by atoms with Crippen LogP contribution < -0.4 is 4.90 Å². The highest BCUT2D eigenvalue weighted by Gasteiger charge is 2.67. The van der Waals surface area contributed by atoms with E-state index >= 15 is 0 Å². The highest BCUT2D eigenvalue weighted by molar-refractivity contribution is 6.25. The Morgan fingerprint density at radius 1 is 0.853 bits per heavy atom. The Hall–Kier alpha value is -3.73. The summed E-state index contributed by atoms with van der Waals surface area (Å²) in [7, 11) is 0. The van der Waals surface area contributed by atoms with Gasteiger partial charge in [-0.25, -0.2) is 9.69 Å². The Morgan fingerprint density at radius 3 is 2.06 bits per heavy atom. The zero-order valence-electron chi connectivity index (χ0n) is 19.2. The lowest BCUT2D eigenvalue weighted by Gasteiger charge is -2.54. The maximum Gasteiger partial charge on any atom is 0.340 e. The number of hydrogen-bond donors (Lipinski definition) is 0. The van der Waals surface area contributed by atoms with E-state index in [2.05, 4.69) is 31.2 Å². The average molecular weight is 452 g/mol. The van der Waals surface area contributed by atoms with Gasteiger partial charge >= 0.3 is 5.97 Å². The summed E-state index contributed by atoms with van der Waals surface area (Å²) in [4.78, 5) is 42.3. The van der Waals surface area contributed by atoms with E-state index in [9.17, 15) is 14.4 Å². The lowest BCUT2D eigenvalue weighted by molar-refractivity contribution is -0.123. The summed E-state index contributed by atoms with van der Waals surface area (Å²) < 4.78 is 5.23. The number of rotatable bonds is 4. The molecular weight excluding hydrogens is 426 g/mol. The molecule has 5 nitrogen and oxygen atoms in total. The topological polar surface area (TPSA) is 63.7 Å². The smallest absolute Gasteiger partial charge is 0.340 e. The number of nitrogens with zero attached hydrogens (tertiary/aromatic N) is 1. The molecule has 170 valence electrons. The fourth-order valence-corrected chi connectivity index (χ4v) is 6.82. The third kappa shape index (κ3) is 2.42. The number of amides is 2. The first-order valence-electron chi connectivity index (χ1n) is 11.9. The molecule has 1 saturated heterocycles. The van der Waals surface area contributed by atoms with Crippen molar-refractivity contribution in [1.29, 1.82) is 0 Å². The van der Waals surface area contributed by atoms with E-state index in [1.54, 1.807) is 31.2 Å². The molecule has 3 aromatic carbocycles. The van der Waals surface area contributed by atoms with Gasteiger partial charge in [-0.05, 0) is 47.7 Å². The number of para-hydroxylation sites is 1. The van der Waals surface area contributed by atoms with Crippen molar-refractivity contribution in [2.45, 2.75) is 31.6 Å². The molecule has 7 rings (SSSR count). The van der Waals surface area contributed by atoms with E-state index in [0.29, 0.717) is 12.1 Å². The van der Waals surface area contributed by atoms with Gasteiger partial charge in [0.1, 0.15) is 0 Å². The zero-order valence-corrected chi connectivity index (χ0v) is 19.2. The van der Waals surface area contributed by atoms with Crippen molar-refractivity contribution in [3.05, 3.63) is 101 Å². The molecule has 0 spiro atoms. The van der Waals surface area contributed by atoms with Crippen molar-refractivity contribution in [2.24, 2.45) is 11.8 Å². The van der Waals surface area contributed by atoms with Gasteiger partial charge in [-0.1, -0.05) is 67.6 Å². The molecule has 34 heavy (non-hydrogen) atoms. The van der Waals surface area contributed by atoms with E-state index in [-0.39, 0.29) is 29.9 Å². The predicted molar refractivity (Wildman–Crippen MR) is 128 cm³/mol. The molecule has 0 radical (unpaired) electrons. The number of carbonyl (C=O) groups excluding carboxylic acids is 3. The van der Waals surface area contributed by atoms with Crippen LogP contribution in [0.25, 0.3) is 0 Å². The number of hydrogen-bond acceptors (Lipinski definition) is 4. The number of imide groups is 1. The van der Waals surface area contributed by atoms with Crippen LogP contribution in [0.2, 0.25) is 0 Å². The summed E-state index contributed by atoms with van der Waals surface area (Å²) in [6.07, 6.45) is 0.696. The molecule has 2 amide bonds. The fraction of sp³-hybridized carbons (Fsp3) is 0.276. The SMILES string of the molecule is CCOC(=O)c1ccccc1N1C(=O)[C@@H]2[C@@H](C1=O)C1c3ccccc3C2(CC)c2ccccc21. The minimum atomic E-state index is -0.590. The van der Waals surface area contributed by atoms with Crippen LogP contribution in [0.5, 0.6) is 0 Å². The Kier molecular flexibility index (Phi) is 4.53. The van der Waals surface area contributed by atoms with Crippen LogP contribution in [-0.2, 0) is 19.7 Å². The van der Waals surface area contributed by atoms with E-state index in [0.717, 1.165) is 22.3 Å². The molecular formula is C29H25NO4. The molecule has 0 aromatic heterocycles. The Balaban J connectivity index is 1.59. The van der Waals surface area contributed by atoms with E-state index in [1.807, 2.05) is 24.3 Å². The standard InChI is InChI=1S/C29H25NO4/c1-3-29-20-14-8-5-11-17(20)23(18-12-6-9-15-21(18)29)24-25(29)27(32)30(26(24)31)22-16-10-7-13-19(22)28(33)34-4-2/h5-16,23-25H,3-4H2,1-2H3/t23?,24-,25-,29?/m0/s1. The number of benzene rings is 3. The Labute approximate surface area is 198 Å². The second-order valence-corrected chi connectivity index (χ2v) is 9.23. The van der Waals surface area contributed by atoms with Crippen LogP contribution in [-0.4, -0.2) is 24.4 Å². The average Bonchev–Trinajstić information content (AvgIpc) is 3.14. The molecule has 5 heteroatoms. The second-order valence-electron chi connectivity index (χ2n) is 9.23. The van der Waals surface area contributed by atoms with Gasteiger partial charge in [-0.3, -0.25) is 9.59 Å². The first kappa shape index (κ1) is 20.8. The lowest BCUT2D eigenvalue weighted by atomic mass is 9.46. The molecule has 4 aliphatic rings. The molecule has 2 bridgehead atoms. The van der Waals surface area contributed by atoms with Gasteiger partial charge in [0.25, 0.3) is 0 Å². The van der Waals surface area contributed by atoms with Crippen LogP contribution >= 0.6 is 0 Å². The monoisotopic (exact) mass is 451 g/mol. The zero-order chi connectivity index (χ0) is 23.6. The third-order valence-corrected chi connectivity index (χ3v) is 7.99. The first-order chi connectivity index (χ1) is 16.6. The van der Waals surface area contributed by atoms with Crippen molar-refractivity contribution in [2.75, 3.05) is 11.5 Å². The highest BCUT2D eigenvalue weighted by atomic mass is 16.5. The van der Waals surface area contributed by atoms with Crippen LogP contribution in [0, 0.1) is 11.8 Å². The van der Waals surface area contributed by atoms with Crippen molar-refractivity contribution >= 4 is 23.5 Å². The quantitative estimate of drug-likeness (QED) is 0.421. The molecule has 0 saturated carbocycles. The number of carbonyl (C=O) groups is 3. The van der Waals surface area contributed by atoms with Crippen molar-refractivity contribution in [3.8, 4) is 0 Å². The lowest BCUT2D eigenvalue weighted by Crippen LogP contribution is -2.53. The van der Waals surface area contributed by atoms with Gasteiger partial charge in [0.2, 0.25) is 11.8 Å². The molecule has 0 N–H and O–H groups in total. The van der Waals surface area contributed by atoms with Gasteiger partial charge in [0.15, 0.2) is 0 Å². The Morgan fingerprint density at radius 2 is 1.44 bits per heavy atom. The van der Waals surface area contributed by atoms with Crippen molar-refractivity contribution in [3.63, 3.8) is 0 Å². The van der Waals surface area contributed by atoms with Crippen molar-refractivity contribution < 1.29 is 19.1 Å². The molecule has 3 aromatic rings. The molecule has 1 aliphatic heterocycles. The highest BCUT2D eigenvalue weighted by Crippen LogP contribution is 2.65.